The molecular weight excluding hydrogens is 380 g/mol. The molecule has 1 aliphatic rings. The molecule has 6 heteroatoms. The van der Waals surface area contributed by atoms with E-state index < -0.39 is 0 Å². The van der Waals surface area contributed by atoms with E-state index in [1.165, 1.54) is 4.57 Å². The van der Waals surface area contributed by atoms with Crippen LogP contribution in [0.25, 0.3) is 10.8 Å². The van der Waals surface area contributed by atoms with Crippen molar-refractivity contribution in [3.05, 3.63) is 76.2 Å². The monoisotopic (exact) mass is 406 g/mol. The average molecular weight is 406 g/mol. The zero-order valence-electron chi connectivity index (χ0n) is 17.3. The lowest BCUT2D eigenvalue weighted by Gasteiger charge is -2.27. The molecule has 2 heterocycles. The maximum atomic E-state index is 13.7. The molecule has 0 saturated carbocycles. The summed E-state index contributed by atoms with van der Waals surface area (Å²) in [6.45, 7) is 1.62. The fraction of sp³-hybridized carbons (Fsp3) is 0.333. The molecular formula is C24H26N2O4. The van der Waals surface area contributed by atoms with Crippen molar-refractivity contribution in [2.75, 3.05) is 20.3 Å². The number of para-hydroxylation sites is 1. The Kier molecular flexibility index (Phi) is 5.86. The van der Waals surface area contributed by atoms with Gasteiger partial charge in [0.25, 0.3) is 11.5 Å². The Morgan fingerprint density at radius 3 is 2.63 bits per heavy atom. The van der Waals surface area contributed by atoms with E-state index in [2.05, 4.69) is 0 Å². The largest absolute Gasteiger partial charge is 0.496 e. The van der Waals surface area contributed by atoms with E-state index in [4.69, 9.17) is 9.47 Å². The predicted octanol–water partition coefficient (Wildman–Crippen LogP) is 3.37. The highest BCUT2D eigenvalue weighted by Crippen LogP contribution is 2.24. The molecule has 2 aromatic carbocycles. The third kappa shape index (κ3) is 3.96. The first-order chi connectivity index (χ1) is 14.6. The second-order valence-electron chi connectivity index (χ2n) is 7.64. The number of amides is 1. The van der Waals surface area contributed by atoms with Crippen molar-refractivity contribution in [3.63, 3.8) is 0 Å². The molecule has 0 spiro atoms. The minimum absolute atomic E-state index is 0.0162. The molecule has 1 aliphatic heterocycles. The molecule has 1 unspecified atom stereocenters. The maximum absolute atomic E-state index is 13.7. The number of aromatic nitrogens is 1. The summed E-state index contributed by atoms with van der Waals surface area (Å²) in [6.07, 6.45) is 3.59. The standard InChI is InChI=1S/C24H26N2O4/c1-25-16-21(19-10-4-5-11-20(19)23(25)27)24(28)26(15-18-9-7-13-30-18)14-17-8-3-6-12-22(17)29-2/h3-6,8,10-12,16,18H,7,9,13-15H2,1-2H3. The van der Waals surface area contributed by atoms with Gasteiger partial charge in [0.2, 0.25) is 0 Å². The van der Waals surface area contributed by atoms with Gasteiger partial charge in [0.15, 0.2) is 0 Å². The van der Waals surface area contributed by atoms with Crippen LogP contribution < -0.4 is 10.3 Å². The SMILES string of the molecule is COc1ccccc1CN(CC1CCCO1)C(=O)c1cn(C)c(=O)c2ccccc12. The Balaban J connectivity index is 1.75. The van der Waals surface area contributed by atoms with Gasteiger partial charge in [0, 0.05) is 49.3 Å². The zero-order valence-corrected chi connectivity index (χ0v) is 17.3. The normalized spacial score (nSPS) is 16.0. The van der Waals surface area contributed by atoms with Crippen molar-refractivity contribution in [3.8, 4) is 5.75 Å². The van der Waals surface area contributed by atoms with Crippen molar-refractivity contribution in [1.29, 1.82) is 0 Å². The van der Waals surface area contributed by atoms with Gasteiger partial charge in [-0.1, -0.05) is 36.4 Å². The zero-order chi connectivity index (χ0) is 21.1. The van der Waals surface area contributed by atoms with E-state index in [9.17, 15) is 9.59 Å². The summed E-state index contributed by atoms with van der Waals surface area (Å²) in [5, 5.41) is 1.21. The number of hydrogen-bond acceptors (Lipinski definition) is 4. The Hall–Kier alpha value is -3.12. The molecule has 3 aromatic rings. The third-order valence-electron chi connectivity index (χ3n) is 5.61. The molecule has 0 bridgehead atoms. The molecule has 1 aromatic heterocycles. The van der Waals surface area contributed by atoms with Gasteiger partial charge < -0.3 is 18.9 Å². The van der Waals surface area contributed by atoms with E-state index in [0.717, 1.165) is 30.8 Å². The topological polar surface area (TPSA) is 60.8 Å². The van der Waals surface area contributed by atoms with Gasteiger partial charge in [-0.05, 0) is 25.0 Å². The van der Waals surface area contributed by atoms with Crippen LogP contribution in [-0.2, 0) is 18.3 Å². The minimum Gasteiger partial charge on any atom is -0.496 e. The second-order valence-corrected chi connectivity index (χ2v) is 7.64. The highest BCUT2D eigenvalue weighted by atomic mass is 16.5. The Morgan fingerprint density at radius 2 is 1.90 bits per heavy atom. The number of pyridine rings is 1. The van der Waals surface area contributed by atoms with E-state index in [0.29, 0.717) is 29.4 Å². The summed E-state index contributed by atoms with van der Waals surface area (Å²) in [6, 6.07) is 15.0. The van der Waals surface area contributed by atoms with Gasteiger partial charge in [-0.3, -0.25) is 9.59 Å². The number of methoxy groups -OCH3 is 1. The number of carbonyl (C=O) groups is 1. The van der Waals surface area contributed by atoms with Gasteiger partial charge in [0.05, 0.1) is 18.8 Å². The van der Waals surface area contributed by atoms with Crippen molar-refractivity contribution < 1.29 is 14.3 Å². The van der Waals surface area contributed by atoms with Gasteiger partial charge in [-0.25, -0.2) is 0 Å². The van der Waals surface area contributed by atoms with Crippen LogP contribution in [0.2, 0.25) is 0 Å². The fourth-order valence-electron chi connectivity index (χ4n) is 4.05. The van der Waals surface area contributed by atoms with Crippen LogP contribution >= 0.6 is 0 Å². The molecule has 0 radical (unpaired) electrons. The van der Waals surface area contributed by atoms with Crippen LogP contribution in [0.3, 0.4) is 0 Å². The quantitative estimate of drug-likeness (QED) is 0.630. The molecule has 1 atom stereocenters. The smallest absolute Gasteiger partial charge is 0.258 e. The summed E-state index contributed by atoms with van der Waals surface area (Å²) >= 11 is 0. The fourth-order valence-corrected chi connectivity index (χ4v) is 4.05. The number of hydrogen-bond donors (Lipinski definition) is 0. The van der Waals surface area contributed by atoms with Crippen molar-refractivity contribution in [1.82, 2.24) is 9.47 Å². The van der Waals surface area contributed by atoms with Gasteiger partial charge in [-0.15, -0.1) is 0 Å². The van der Waals surface area contributed by atoms with Crippen LogP contribution in [-0.4, -0.2) is 41.7 Å². The van der Waals surface area contributed by atoms with Crippen LogP contribution in [0.1, 0.15) is 28.8 Å². The highest BCUT2D eigenvalue weighted by Gasteiger charge is 2.26. The molecule has 30 heavy (non-hydrogen) atoms. The van der Waals surface area contributed by atoms with Crippen LogP contribution in [0.15, 0.2) is 59.5 Å². The van der Waals surface area contributed by atoms with E-state index in [1.807, 2.05) is 42.5 Å². The molecule has 4 rings (SSSR count). The Labute approximate surface area is 175 Å². The number of benzene rings is 2. The van der Waals surface area contributed by atoms with Crippen LogP contribution in [0.5, 0.6) is 5.75 Å². The predicted molar refractivity (Wildman–Crippen MR) is 116 cm³/mol. The number of rotatable bonds is 6. The van der Waals surface area contributed by atoms with Crippen LogP contribution in [0, 0.1) is 0 Å². The van der Waals surface area contributed by atoms with E-state index >= 15 is 0 Å². The molecule has 1 fully saturated rings. The number of nitrogens with zero attached hydrogens (tertiary/aromatic N) is 2. The van der Waals surface area contributed by atoms with Gasteiger partial charge >= 0.3 is 0 Å². The summed E-state index contributed by atoms with van der Waals surface area (Å²) in [4.78, 5) is 28.1. The molecule has 156 valence electrons. The summed E-state index contributed by atoms with van der Waals surface area (Å²) < 4.78 is 12.8. The number of ether oxygens (including phenoxy) is 2. The minimum atomic E-state index is -0.122. The lowest BCUT2D eigenvalue weighted by Crippen LogP contribution is -2.37. The molecule has 1 amide bonds. The average Bonchev–Trinajstić information content (AvgIpc) is 3.29. The first-order valence-electron chi connectivity index (χ1n) is 10.2. The van der Waals surface area contributed by atoms with E-state index in [1.54, 1.807) is 31.3 Å². The highest BCUT2D eigenvalue weighted by molar-refractivity contribution is 6.06. The van der Waals surface area contributed by atoms with Crippen molar-refractivity contribution >= 4 is 16.7 Å². The lowest BCUT2D eigenvalue weighted by molar-refractivity contribution is 0.0506. The second kappa shape index (κ2) is 8.71. The molecule has 1 saturated heterocycles. The Bertz CT molecular complexity index is 1120. The lowest BCUT2D eigenvalue weighted by atomic mass is 10.1. The first kappa shape index (κ1) is 20.2. The first-order valence-corrected chi connectivity index (χ1v) is 10.2. The van der Waals surface area contributed by atoms with E-state index in [-0.39, 0.29) is 17.6 Å². The maximum Gasteiger partial charge on any atom is 0.258 e. The molecule has 6 nitrogen and oxygen atoms in total. The number of carbonyl (C=O) groups excluding carboxylic acids is 1. The van der Waals surface area contributed by atoms with Crippen molar-refractivity contribution in [2.45, 2.75) is 25.5 Å². The number of fused-ring (bicyclic) bond motifs is 1. The van der Waals surface area contributed by atoms with Crippen molar-refractivity contribution in [2.24, 2.45) is 7.05 Å². The summed E-state index contributed by atoms with van der Waals surface area (Å²) in [5.41, 5.74) is 1.33. The molecule has 0 N–H and O–H groups in total. The third-order valence-corrected chi connectivity index (χ3v) is 5.61. The van der Waals surface area contributed by atoms with Gasteiger partial charge in [0.1, 0.15) is 5.75 Å². The number of aryl methyl sites for hydroxylation is 1. The summed E-state index contributed by atoms with van der Waals surface area (Å²) in [5.74, 6) is 0.621. The van der Waals surface area contributed by atoms with Crippen LogP contribution in [0.4, 0.5) is 0 Å². The van der Waals surface area contributed by atoms with Gasteiger partial charge in [-0.2, -0.15) is 0 Å². The Morgan fingerprint density at radius 1 is 1.17 bits per heavy atom. The molecule has 0 aliphatic carbocycles. The summed E-state index contributed by atoms with van der Waals surface area (Å²) in [7, 11) is 3.31.